The van der Waals surface area contributed by atoms with Gasteiger partial charge in [-0.2, -0.15) is 0 Å². The van der Waals surface area contributed by atoms with E-state index in [1.54, 1.807) is 24.3 Å². The molecule has 0 aromatic heterocycles. The molecular weight excluding hydrogens is 430 g/mol. The van der Waals surface area contributed by atoms with Gasteiger partial charge in [0.2, 0.25) is 15.9 Å². The number of benzene rings is 2. The van der Waals surface area contributed by atoms with Gasteiger partial charge in [-0.3, -0.25) is 13.9 Å². The highest BCUT2D eigenvalue weighted by molar-refractivity contribution is 7.92. The van der Waals surface area contributed by atoms with Crippen molar-refractivity contribution in [2.75, 3.05) is 29.5 Å². The Morgan fingerprint density at radius 1 is 1.17 bits per heavy atom. The topological polar surface area (TPSA) is 105 Å². The molecule has 0 bridgehead atoms. The highest BCUT2D eigenvalue weighted by Crippen LogP contribution is 2.30. The molecular formula is C20H24ClN3O5S. The summed E-state index contributed by atoms with van der Waals surface area (Å²) in [6.07, 6.45) is 0.989. The lowest BCUT2D eigenvalue weighted by Gasteiger charge is -2.23. The maximum absolute atomic E-state index is 12.6. The van der Waals surface area contributed by atoms with E-state index in [0.717, 1.165) is 10.6 Å². The standard InChI is InChI=1S/C20H24ClN3O5S/c1-13(2)22-20(26)15-7-5-6-8-17(15)23-19(25)12-24(30(4,27)28)14-9-10-18(29-3)16(21)11-14/h5-11,13H,12H2,1-4H3,(H,22,26)(H,23,25). The predicted octanol–water partition coefficient (Wildman–Crippen LogP) is 2.89. The molecule has 0 radical (unpaired) electrons. The van der Waals surface area contributed by atoms with Crippen LogP contribution in [0.25, 0.3) is 0 Å². The smallest absolute Gasteiger partial charge is 0.253 e. The van der Waals surface area contributed by atoms with Gasteiger partial charge in [0.15, 0.2) is 0 Å². The molecule has 8 nitrogen and oxygen atoms in total. The molecule has 2 N–H and O–H groups in total. The van der Waals surface area contributed by atoms with E-state index in [1.807, 2.05) is 13.8 Å². The number of carbonyl (C=O) groups is 2. The zero-order valence-corrected chi connectivity index (χ0v) is 18.7. The van der Waals surface area contributed by atoms with Gasteiger partial charge in [-0.15, -0.1) is 0 Å². The second kappa shape index (κ2) is 9.82. The molecule has 0 fully saturated rings. The van der Waals surface area contributed by atoms with E-state index in [9.17, 15) is 18.0 Å². The lowest BCUT2D eigenvalue weighted by atomic mass is 10.1. The van der Waals surface area contributed by atoms with Gasteiger partial charge < -0.3 is 15.4 Å². The third kappa shape index (κ3) is 6.11. The first kappa shape index (κ1) is 23.5. The van der Waals surface area contributed by atoms with Crippen molar-refractivity contribution < 1.29 is 22.7 Å². The largest absolute Gasteiger partial charge is 0.495 e. The minimum Gasteiger partial charge on any atom is -0.495 e. The number of hydrogen-bond acceptors (Lipinski definition) is 5. The molecule has 2 aromatic rings. The number of rotatable bonds is 8. The zero-order valence-electron chi connectivity index (χ0n) is 17.1. The van der Waals surface area contributed by atoms with E-state index in [-0.39, 0.29) is 33.9 Å². The van der Waals surface area contributed by atoms with Crippen LogP contribution in [0.4, 0.5) is 11.4 Å². The van der Waals surface area contributed by atoms with E-state index in [4.69, 9.17) is 16.3 Å². The van der Waals surface area contributed by atoms with E-state index < -0.39 is 22.5 Å². The SMILES string of the molecule is COc1ccc(N(CC(=O)Nc2ccccc2C(=O)NC(C)C)S(C)(=O)=O)cc1Cl. The Bertz CT molecular complexity index is 1040. The van der Waals surface area contributed by atoms with E-state index in [1.165, 1.54) is 25.3 Å². The van der Waals surface area contributed by atoms with Crippen LogP contribution in [0.2, 0.25) is 5.02 Å². The molecule has 2 amide bonds. The van der Waals surface area contributed by atoms with Gasteiger partial charge in [0.05, 0.1) is 35.3 Å². The van der Waals surface area contributed by atoms with Crippen LogP contribution in [0.3, 0.4) is 0 Å². The van der Waals surface area contributed by atoms with Crippen LogP contribution in [0, 0.1) is 0 Å². The molecule has 2 rings (SSSR count). The Morgan fingerprint density at radius 3 is 2.40 bits per heavy atom. The monoisotopic (exact) mass is 453 g/mol. The Kier molecular flexibility index (Phi) is 7.69. The molecule has 10 heteroatoms. The van der Waals surface area contributed by atoms with Crippen LogP contribution < -0.4 is 19.7 Å². The Morgan fingerprint density at radius 2 is 1.83 bits per heavy atom. The fraction of sp³-hybridized carbons (Fsp3) is 0.300. The number of hydrogen-bond donors (Lipinski definition) is 2. The number of anilines is 2. The molecule has 0 heterocycles. The summed E-state index contributed by atoms with van der Waals surface area (Å²) >= 11 is 6.10. The van der Waals surface area contributed by atoms with Gasteiger partial charge in [0.1, 0.15) is 12.3 Å². The van der Waals surface area contributed by atoms with E-state index >= 15 is 0 Å². The fourth-order valence-electron chi connectivity index (χ4n) is 2.66. The minimum atomic E-state index is -3.79. The maximum atomic E-state index is 12.6. The Labute approximate surface area is 181 Å². The van der Waals surface area contributed by atoms with Crippen LogP contribution in [0.1, 0.15) is 24.2 Å². The number of methoxy groups -OCH3 is 1. The molecule has 0 aliphatic rings. The first-order valence-electron chi connectivity index (χ1n) is 9.04. The molecule has 2 aromatic carbocycles. The average Bonchev–Trinajstić information content (AvgIpc) is 2.65. The van der Waals surface area contributed by atoms with Gasteiger partial charge in [0, 0.05) is 6.04 Å². The lowest BCUT2D eigenvalue weighted by molar-refractivity contribution is -0.114. The van der Waals surface area contributed by atoms with Crippen LogP contribution in [0.15, 0.2) is 42.5 Å². The van der Waals surface area contributed by atoms with E-state index in [0.29, 0.717) is 5.75 Å². The first-order chi connectivity index (χ1) is 14.0. The number of amides is 2. The van der Waals surface area contributed by atoms with Crippen molar-refractivity contribution in [1.29, 1.82) is 0 Å². The average molecular weight is 454 g/mol. The van der Waals surface area contributed by atoms with Gasteiger partial charge in [-0.25, -0.2) is 8.42 Å². The Balaban J connectivity index is 2.27. The second-order valence-electron chi connectivity index (χ2n) is 6.81. The number of nitrogens with one attached hydrogen (secondary N) is 2. The Hall–Kier alpha value is -2.78. The van der Waals surface area contributed by atoms with Crippen molar-refractivity contribution in [1.82, 2.24) is 5.32 Å². The molecule has 0 atom stereocenters. The predicted molar refractivity (Wildman–Crippen MR) is 118 cm³/mol. The van der Waals surface area contributed by atoms with Crippen molar-refractivity contribution in [3.63, 3.8) is 0 Å². The van der Waals surface area contributed by atoms with Crippen LogP contribution >= 0.6 is 11.6 Å². The number of carbonyl (C=O) groups excluding carboxylic acids is 2. The molecule has 0 unspecified atom stereocenters. The second-order valence-corrected chi connectivity index (χ2v) is 9.12. The molecule has 0 saturated carbocycles. The quantitative estimate of drug-likeness (QED) is 0.639. The number of ether oxygens (including phenoxy) is 1. The molecule has 30 heavy (non-hydrogen) atoms. The lowest BCUT2D eigenvalue weighted by Crippen LogP contribution is -2.38. The summed E-state index contributed by atoms with van der Waals surface area (Å²) in [4.78, 5) is 25.0. The normalized spacial score (nSPS) is 11.1. The molecule has 0 aliphatic heterocycles. The summed E-state index contributed by atoms with van der Waals surface area (Å²) in [6.45, 7) is 3.15. The van der Waals surface area contributed by atoms with Gasteiger partial charge in [-0.05, 0) is 44.2 Å². The van der Waals surface area contributed by atoms with Gasteiger partial charge in [-0.1, -0.05) is 23.7 Å². The highest BCUT2D eigenvalue weighted by atomic mass is 35.5. The maximum Gasteiger partial charge on any atom is 0.253 e. The van der Waals surface area contributed by atoms with Crippen molar-refractivity contribution in [2.24, 2.45) is 0 Å². The van der Waals surface area contributed by atoms with Crippen molar-refractivity contribution in [2.45, 2.75) is 19.9 Å². The van der Waals surface area contributed by atoms with Gasteiger partial charge >= 0.3 is 0 Å². The van der Waals surface area contributed by atoms with Crippen LogP contribution in [-0.2, 0) is 14.8 Å². The summed E-state index contributed by atoms with van der Waals surface area (Å²) in [6, 6.07) is 10.8. The molecule has 0 spiro atoms. The van der Waals surface area contributed by atoms with Gasteiger partial charge in [0.25, 0.3) is 5.91 Å². The third-order valence-corrected chi connectivity index (χ3v) is 5.41. The summed E-state index contributed by atoms with van der Waals surface area (Å²) in [5.41, 5.74) is 0.768. The first-order valence-corrected chi connectivity index (χ1v) is 11.3. The summed E-state index contributed by atoms with van der Waals surface area (Å²) in [5, 5.41) is 5.58. The van der Waals surface area contributed by atoms with Crippen molar-refractivity contribution >= 4 is 44.8 Å². The van der Waals surface area contributed by atoms with Crippen LogP contribution in [0.5, 0.6) is 5.75 Å². The minimum absolute atomic E-state index is 0.0817. The van der Waals surface area contributed by atoms with E-state index in [2.05, 4.69) is 10.6 Å². The number of nitrogens with zero attached hydrogens (tertiary/aromatic N) is 1. The van der Waals surface area contributed by atoms with Crippen molar-refractivity contribution in [3.05, 3.63) is 53.1 Å². The summed E-state index contributed by atoms with van der Waals surface area (Å²) < 4.78 is 30.6. The number of para-hydroxylation sites is 1. The third-order valence-electron chi connectivity index (χ3n) is 3.98. The number of sulfonamides is 1. The summed E-state index contributed by atoms with van der Waals surface area (Å²) in [7, 11) is -2.35. The van der Waals surface area contributed by atoms with Crippen LogP contribution in [-0.4, -0.2) is 46.2 Å². The molecule has 0 aliphatic carbocycles. The fourth-order valence-corrected chi connectivity index (χ4v) is 3.76. The van der Waals surface area contributed by atoms with Crippen molar-refractivity contribution in [3.8, 4) is 5.75 Å². The zero-order chi connectivity index (χ0) is 22.5. The number of halogens is 1. The summed E-state index contributed by atoms with van der Waals surface area (Å²) in [5.74, 6) is -0.580. The molecule has 162 valence electrons. The highest BCUT2D eigenvalue weighted by Gasteiger charge is 2.23. The molecule has 0 saturated heterocycles.